The Hall–Kier alpha value is -2.33. The van der Waals surface area contributed by atoms with E-state index in [-0.39, 0.29) is 5.91 Å². The van der Waals surface area contributed by atoms with Crippen LogP contribution in [0, 0.1) is 12.8 Å². The number of carbonyl (C=O) groups is 1. The van der Waals surface area contributed by atoms with Gasteiger partial charge in [0.15, 0.2) is 0 Å². The van der Waals surface area contributed by atoms with Crippen molar-refractivity contribution in [2.24, 2.45) is 5.92 Å². The summed E-state index contributed by atoms with van der Waals surface area (Å²) in [4.78, 5) is 16.8. The zero-order chi connectivity index (χ0) is 19.2. The second-order valence-corrected chi connectivity index (χ2v) is 7.86. The van der Waals surface area contributed by atoms with Crippen LogP contribution < -0.4 is 10.2 Å². The predicted molar refractivity (Wildman–Crippen MR) is 112 cm³/mol. The summed E-state index contributed by atoms with van der Waals surface area (Å²) in [5.41, 5.74) is 4.97. The fourth-order valence-corrected chi connectivity index (χ4v) is 3.67. The van der Waals surface area contributed by atoms with Gasteiger partial charge < -0.3 is 10.2 Å². The first-order valence-corrected chi connectivity index (χ1v) is 9.81. The van der Waals surface area contributed by atoms with E-state index in [1.165, 1.54) is 11.1 Å². The summed E-state index contributed by atoms with van der Waals surface area (Å²) in [6.07, 6.45) is 1.61. The molecule has 3 rings (SSSR count). The molecule has 2 aromatic carbocycles. The Morgan fingerprint density at radius 2 is 1.89 bits per heavy atom. The molecular formula is C23H31N3O. The van der Waals surface area contributed by atoms with Gasteiger partial charge in [-0.3, -0.25) is 9.69 Å². The molecule has 0 aromatic heterocycles. The quantitative estimate of drug-likeness (QED) is 0.818. The van der Waals surface area contributed by atoms with E-state index in [4.69, 9.17) is 0 Å². The molecule has 0 unspecified atom stereocenters. The number of benzene rings is 2. The smallest absolute Gasteiger partial charge is 0.224 e. The van der Waals surface area contributed by atoms with Gasteiger partial charge in [0.1, 0.15) is 0 Å². The van der Waals surface area contributed by atoms with Crippen LogP contribution >= 0.6 is 0 Å². The van der Waals surface area contributed by atoms with Crippen molar-refractivity contribution in [2.75, 3.05) is 38.6 Å². The van der Waals surface area contributed by atoms with Crippen LogP contribution in [0.4, 0.5) is 5.69 Å². The second kappa shape index (κ2) is 9.05. The van der Waals surface area contributed by atoms with Crippen molar-refractivity contribution in [1.29, 1.82) is 0 Å². The molecule has 1 saturated heterocycles. The van der Waals surface area contributed by atoms with Crippen LogP contribution in [0.15, 0.2) is 48.5 Å². The van der Waals surface area contributed by atoms with Gasteiger partial charge in [-0.2, -0.15) is 0 Å². The summed E-state index contributed by atoms with van der Waals surface area (Å²) < 4.78 is 0. The van der Waals surface area contributed by atoms with Crippen molar-refractivity contribution in [1.82, 2.24) is 10.2 Å². The number of rotatable bonds is 7. The minimum absolute atomic E-state index is 0.116. The highest BCUT2D eigenvalue weighted by molar-refractivity contribution is 5.78. The minimum Gasteiger partial charge on any atom is -0.378 e. The molecule has 1 aliphatic rings. The third-order valence-electron chi connectivity index (χ3n) is 5.43. The largest absolute Gasteiger partial charge is 0.378 e. The van der Waals surface area contributed by atoms with E-state index < -0.39 is 0 Å². The molecule has 0 spiro atoms. The first-order chi connectivity index (χ1) is 13.0. The van der Waals surface area contributed by atoms with Crippen LogP contribution in [0.2, 0.25) is 0 Å². The first kappa shape index (κ1) is 19.4. The van der Waals surface area contributed by atoms with E-state index >= 15 is 0 Å². The van der Waals surface area contributed by atoms with E-state index in [2.05, 4.69) is 58.4 Å². The Morgan fingerprint density at radius 3 is 2.59 bits per heavy atom. The molecule has 27 heavy (non-hydrogen) atoms. The lowest BCUT2D eigenvalue weighted by Gasteiger charge is -2.17. The SMILES string of the molecule is Cc1ccccc1CN1CC[C@H](CNC(=O)Cc2ccc(N(C)C)cc2)C1. The molecule has 1 atom stereocenters. The predicted octanol–water partition coefficient (Wildman–Crippen LogP) is 3.24. The maximum absolute atomic E-state index is 12.3. The van der Waals surface area contributed by atoms with Gasteiger partial charge in [0, 0.05) is 39.4 Å². The molecule has 0 aliphatic carbocycles. The van der Waals surface area contributed by atoms with Gasteiger partial charge >= 0.3 is 0 Å². The van der Waals surface area contributed by atoms with Gasteiger partial charge in [-0.15, -0.1) is 0 Å². The minimum atomic E-state index is 0.116. The standard InChI is InChI=1S/C23H31N3O/c1-18-6-4-5-7-21(18)17-26-13-12-20(16-26)15-24-23(27)14-19-8-10-22(11-9-19)25(2)3/h4-11,20H,12-17H2,1-3H3,(H,24,27)/t20-/m1/s1. The van der Waals surface area contributed by atoms with Gasteiger partial charge in [0.25, 0.3) is 0 Å². The molecule has 0 bridgehead atoms. The van der Waals surface area contributed by atoms with E-state index in [1.54, 1.807) is 0 Å². The van der Waals surface area contributed by atoms with Crippen molar-refractivity contribution in [2.45, 2.75) is 26.3 Å². The molecule has 0 saturated carbocycles. The van der Waals surface area contributed by atoms with Crippen molar-refractivity contribution in [3.8, 4) is 0 Å². The number of anilines is 1. The summed E-state index contributed by atoms with van der Waals surface area (Å²) in [7, 11) is 4.04. The maximum Gasteiger partial charge on any atom is 0.224 e. The van der Waals surface area contributed by atoms with Crippen LogP contribution in [-0.4, -0.2) is 44.5 Å². The fraction of sp³-hybridized carbons (Fsp3) is 0.435. The Bertz CT molecular complexity index is 754. The zero-order valence-electron chi connectivity index (χ0n) is 16.7. The van der Waals surface area contributed by atoms with E-state index in [0.29, 0.717) is 12.3 Å². The van der Waals surface area contributed by atoms with Crippen molar-refractivity contribution in [3.05, 3.63) is 65.2 Å². The number of hydrogen-bond acceptors (Lipinski definition) is 3. The van der Waals surface area contributed by atoms with Crippen molar-refractivity contribution < 1.29 is 4.79 Å². The summed E-state index contributed by atoms with van der Waals surface area (Å²) in [6.45, 7) is 6.13. The van der Waals surface area contributed by atoms with E-state index in [1.807, 2.05) is 26.2 Å². The third-order valence-corrected chi connectivity index (χ3v) is 5.43. The Labute approximate surface area is 163 Å². The average Bonchev–Trinajstić information content (AvgIpc) is 3.10. The highest BCUT2D eigenvalue weighted by Crippen LogP contribution is 2.19. The topological polar surface area (TPSA) is 35.6 Å². The Morgan fingerprint density at radius 1 is 1.15 bits per heavy atom. The average molecular weight is 366 g/mol. The molecule has 4 heteroatoms. The summed E-state index contributed by atoms with van der Waals surface area (Å²) in [6, 6.07) is 16.8. The lowest BCUT2D eigenvalue weighted by molar-refractivity contribution is -0.120. The summed E-state index contributed by atoms with van der Waals surface area (Å²) in [5.74, 6) is 0.666. The molecule has 1 heterocycles. The highest BCUT2D eigenvalue weighted by Gasteiger charge is 2.23. The van der Waals surface area contributed by atoms with Crippen LogP contribution in [0.1, 0.15) is 23.1 Å². The third kappa shape index (κ3) is 5.57. The number of carbonyl (C=O) groups excluding carboxylic acids is 1. The van der Waals surface area contributed by atoms with Crippen molar-refractivity contribution in [3.63, 3.8) is 0 Å². The first-order valence-electron chi connectivity index (χ1n) is 9.81. The molecular weight excluding hydrogens is 334 g/mol. The number of nitrogens with one attached hydrogen (secondary N) is 1. The number of likely N-dealkylation sites (tertiary alicyclic amines) is 1. The fourth-order valence-electron chi connectivity index (χ4n) is 3.67. The molecule has 4 nitrogen and oxygen atoms in total. The summed E-state index contributed by atoms with van der Waals surface area (Å²) in [5, 5.41) is 3.13. The molecule has 1 aliphatic heterocycles. The molecule has 144 valence electrons. The number of amides is 1. The van der Waals surface area contributed by atoms with Gasteiger partial charge in [0.2, 0.25) is 5.91 Å². The van der Waals surface area contributed by atoms with E-state index in [9.17, 15) is 4.79 Å². The highest BCUT2D eigenvalue weighted by atomic mass is 16.1. The zero-order valence-corrected chi connectivity index (χ0v) is 16.7. The van der Waals surface area contributed by atoms with Gasteiger partial charge in [-0.1, -0.05) is 36.4 Å². The second-order valence-electron chi connectivity index (χ2n) is 7.86. The maximum atomic E-state index is 12.3. The monoisotopic (exact) mass is 365 g/mol. The molecule has 1 N–H and O–H groups in total. The van der Waals surface area contributed by atoms with E-state index in [0.717, 1.165) is 43.9 Å². The number of aryl methyl sites for hydroxylation is 1. The van der Waals surface area contributed by atoms with Crippen molar-refractivity contribution >= 4 is 11.6 Å². The normalized spacial score (nSPS) is 17.1. The molecule has 0 radical (unpaired) electrons. The summed E-state index contributed by atoms with van der Waals surface area (Å²) >= 11 is 0. The Kier molecular flexibility index (Phi) is 6.51. The number of nitrogens with zero attached hydrogens (tertiary/aromatic N) is 2. The van der Waals surface area contributed by atoms with Crippen LogP contribution in [0.5, 0.6) is 0 Å². The molecule has 2 aromatic rings. The van der Waals surface area contributed by atoms with Crippen LogP contribution in [-0.2, 0) is 17.8 Å². The van der Waals surface area contributed by atoms with Gasteiger partial charge in [-0.05, 0) is 54.6 Å². The molecule has 1 amide bonds. The van der Waals surface area contributed by atoms with Crippen LogP contribution in [0.25, 0.3) is 0 Å². The lowest BCUT2D eigenvalue weighted by Crippen LogP contribution is -2.32. The van der Waals surface area contributed by atoms with Crippen LogP contribution in [0.3, 0.4) is 0 Å². The lowest BCUT2D eigenvalue weighted by atomic mass is 10.1. The van der Waals surface area contributed by atoms with Gasteiger partial charge in [-0.25, -0.2) is 0 Å². The molecule has 1 fully saturated rings. The Balaban J connectivity index is 1.41. The van der Waals surface area contributed by atoms with Gasteiger partial charge in [0.05, 0.1) is 6.42 Å². The number of hydrogen-bond donors (Lipinski definition) is 1.